The first-order valence-corrected chi connectivity index (χ1v) is 7.20. The lowest BCUT2D eigenvalue weighted by Gasteiger charge is -2.10. The number of nitrogens with zero attached hydrogens (tertiary/aromatic N) is 2. The molecule has 2 rings (SSSR count). The van der Waals surface area contributed by atoms with Crippen LogP contribution in [0.1, 0.15) is 42.2 Å². The van der Waals surface area contributed by atoms with E-state index < -0.39 is 6.43 Å². The first kappa shape index (κ1) is 15.6. The van der Waals surface area contributed by atoms with E-state index in [4.69, 9.17) is 0 Å². The fraction of sp³-hybridized carbons (Fsp3) is 0.438. The van der Waals surface area contributed by atoms with Crippen LogP contribution in [-0.4, -0.2) is 16.3 Å². The highest BCUT2D eigenvalue weighted by Crippen LogP contribution is 2.23. The Hall–Kier alpha value is -1.75. The molecule has 0 aliphatic heterocycles. The van der Waals surface area contributed by atoms with E-state index in [0.29, 0.717) is 18.7 Å². The van der Waals surface area contributed by atoms with E-state index in [-0.39, 0.29) is 5.69 Å². The van der Waals surface area contributed by atoms with Gasteiger partial charge in [0.15, 0.2) is 0 Å². The normalized spacial score (nSPS) is 11.3. The molecule has 3 nitrogen and oxygen atoms in total. The average molecular weight is 293 g/mol. The summed E-state index contributed by atoms with van der Waals surface area (Å²) in [5, 5.41) is 7.28. The SMILES string of the molecule is CCCNCc1cnn(Cc2ccc(C)cc2)c1C(F)F. The maximum absolute atomic E-state index is 13.3. The van der Waals surface area contributed by atoms with Gasteiger partial charge in [-0.1, -0.05) is 36.8 Å². The smallest absolute Gasteiger partial charge is 0.280 e. The van der Waals surface area contributed by atoms with Crippen LogP contribution in [-0.2, 0) is 13.1 Å². The number of benzene rings is 1. The van der Waals surface area contributed by atoms with Gasteiger partial charge >= 0.3 is 0 Å². The molecule has 0 radical (unpaired) electrons. The van der Waals surface area contributed by atoms with Gasteiger partial charge in [-0.15, -0.1) is 0 Å². The van der Waals surface area contributed by atoms with E-state index in [1.165, 1.54) is 4.68 Å². The summed E-state index contributed by atoms with van der Waals surface area (Å²) < 4.78 is 28.0. The maximum atomic E-state index is 13.3. The molecule has 21 heavy (non-hydrogen) atoms. The summed E-state index contributed by atoms with van der Waals surface area (Å²) in [5.74, 6) is 0. The van der Waals surface area contributed by atoms with E-state index >= 15 is 0 Å². The van der Waals surface area contributed by atoms with Crippen LogP contribution < -0.4 is 5.32 Å². The van der Waals surface area contributed by atoms with Crippen molar-refractivity contribution in [3.05, 3.63) is 52.8 Å². The Morgan fingerprint density at radius 3 is 2.57 bits per heavy atom. The van der Waals surface area contributed by atoms with Crippen molar-refractivity contribution in [2.24, 2.45) is 0 Å². The van der Waals surface area contributed by atoms with Crippen LogP contribution in [0.15, 0.2) is 30.5 Å². The Morgan fingerprint density at radius 2 is 1.95 bits per heavy atom. The Kier molecular flexibility index (Phi) is 5.44. The molecule has 0 bridgehead atoms. The van der Waals surface area contributed by atoms with E-state index in [1.807, 2.05) is 38.1 Å². The number of nitrogens with one attached hydrogen (secondary N) is 1. The molecule has 0 saturated heterocycles. The lowest BCUT2D eigenvalue weighted by Crippen LogP contribution is -2.15. The Morgan fingerprint density at radius 1 is 1.24 bits per heavy atom. The largest absolute Gasteiger partial charge is 0.313 e. The second-order valence-electron chi connectivity index (χ2n) is 5.18. The van der Waals surface area contributed by atoms with Crippen LogP contribution in [0.5, 0.6) is 0 Å². The third kappa shape index (κ3) is 4.11. The molecule has 1 heterocycles. The molecule has 2 aromatic rings. The van der Waals surface area contributed by atoms with Crippen molar-refractivity contribution in [3.63, 3.8) is 0 Å². The molecule has 0 saturated carbocycles. The summed E-state index contributed by atoms with van der Waals surface area (Å²) >= 11 is 0. The molecule has 5 heteroatoms. The predicted molar refractivity (Wildman–Crippen MR) is 79.5 cm³/mol. The third-order valence-corrected chi connectivity index (χ3v) is 3.36. The van der Waals surface area contributed by atoms with Gasteiger partial charge in [-0.25, -0.2) is 8.78 Å². The Bertz CT molecular complexity index is 561. The third-order valence-electron chi connectivity index (χ3n) is 3.36. The van der Waals surface area contributed by atoms with Crippen LogP contribution >= 0.6 is 0 Å². The summed E-state index contributed by atoms with van der Waals surface area (Å²) in [6.45, 7) is 5.66. The molecular weight excluding hydrogens is 272 g/mol. The number of hydrogen-bond acceptors (Lipinski definition) is 2. The summed E-state index contributed by atoms with van der Waals surface area (Å²) in [7, 11) is 0. The lowest BCUT2D eigenvalue weighted by atomic mass is 10.1. The highest BCUT2D eigenvalue weighted by atomic mass is 19.3. The van der Waals surface area contributed by atoms with Crippen molar-refractivity contribution in [2.75, 3.05) is 6.54 Å². The molecule has 0 amide bonds. The molecule has 1 aromatic carbocycles. The number of halogens is 2. The quantitative estimate of drug-likeness (QED) is 0.789. The minimum atomic E-state index is -2.52. The van der Waals surface area contributed by atoms with Crippen LogP contribution in [0.2, 0.25) is 0 Å². The molecular formula is C16H21F2N3. The zero-order valence-electron chi connectivity index (χ0n) is 12.4. The fourth-order valence-electron chi connectivity index (χ4n) is 2.21. The van der Waals surface area contributed by atoms with E-state index in [2.05, 4.69) is 10.4 Å². The molecule has 0 unspecified atom stereocenters. The summed E-state index contributed by atoms with van der Waals surface area (Å²) in [6.07, 6.45) is -0.00350. The average Bonchev–Trinajstić information content (AvgIpc) is 2.85. The molecule has 0 spiro atoms. The van der Waals surface area contributed by atoms with Gasteiger partial charge in [0, 0.05) is 12.1 Å². The van der Waals surface area contributed by atoms with Gasteiger partial charge in [0.25, 0.3) is 6.43 Å². The predicted octanol–water partition coefficient (Wildman–Crippen LogP) is 3.68. The number of alkyl halides is 2. The second kappa shape index (κ2) is 7.31. The zero-order chi connectivity index (χ0) is 15.2. The topological polar surface area (TPSA) is 29.9 Å². The van der Waals surface area contributed by atoms with Gasteiger partial charge in [-0.2, -0.15) is 5.10 Å². The minimum absolute atomic E-state index is 0.0131. The minimum Gasteiger partial charge on any atom is -0.313 e. The Labute approximate surface area is 124 Å². The fourth-order valence-corrected chi connectivity index (χ4v) is 2.21. The molecule has 1 N–H and O–H groups in total. The number of aryl methyl sites for hydroxylation is 1. The van der Waals surface area contributed by atoms with E-state index in [9.17, 15) is 8.78 Å². The highest BCUT2D eigenvalue weighted by molar-refractivity contribution is 5.24. The Balaban J connectivity index is 2.16. The number of aromatic nitrogens is 2. The first-order chi connectivity index (χ1) is 10.1. The summed E-state index contributed by atoms with van der Waals surface area (Å²) in [4.78, 5) is 0. The molecule has 1 aromatic heterocycles. The van der Waals surface area contributed by atoms with Gasteiger partial charge in [-0.05, 0) is 25.5 Å². The molecule has 0 aliphatic rings. The van der Waals surface area contributed by atoms with Crippen molar-refractivity contribution in [1.82, 2.24) is 15.1 Å². The van der Waals surface area contributed by atoms with Gasteiger partial charge in [0.05, 0.1) is 12.7 Å². The summed E-state index contributed by atoms with van der Waals surface area (Å²) in [6, 6.07) is 7.84. The van der Waals surface area contributed by atoms with Crippen LogP contribution in [0.25, 0.3) is 0 Å². The zero-order valence-corrected chi connectivity index (χ0v) is 12.4. The van der Waals surface area contributed by atoms with Gasteiger partial charge < -0.3 is 5.32 Å². The van der Waals surface area contributed by atoms with Gasteiger partial charge in [0.1, 0.15) is 5.69 Å². The first-order valence-electron chi connectivity index (χ1n) is 7.20. The molecule has 0 aliphatic carbocycles. The molecule has 0 fully saturated rings. The highest BCUT2D eigenvalue weighted by Gasteiger charge is 2.19. The number of hydrogen-bond donors (Lipinski definition) is 1. The van der Waals surface area contributed by atoms with Crippen molar-refractivity contribution in [2.45, 2.75) is 39.8 Å². The van der Waals surface area contributed by atoms with Crippen molar-refractivity contribution < 1.29 is 8.78 Å². The van der Waals surface area contributed by atoms with Crippen LogP contribution in [0.4, 0.5) is 8.78 Å². The van der Waals surface area contributed by atoms with Gasteiger partial charge in [-0.3, -0.25) is 4.68 Å². The van der Waals surface area contributed by atoms with Crippen LogP contribution in [0, 0.1) is 6.92 Å². The molecule has 114 valence electrons. The van der Waals surface area contributed by atoms with Crippen molar-refractivity contribution in [3.8, 4) is 0 Å². The standard InChI is InChI=1S/C16H21F2N3/c1-3-8-19-9-14-10-20-21(15(14)16(17)18)11-13-6-4-12(2)5-7-13/h4-7,10,16,19H,3,8-9,11H2,1-2H3. The second-order valence-corrected chi connectivity index (χ2v) is 5.18. The monoisotopic (exact) mass is 293 g/mol. The number of rotatable bonds is 7. The molecule has 0 atom stereocenters. The lowest BCUT2D eigenvalue weighted by molar-refractivity contribution is 0.138. The summed E-state index contributed by atoms with van der Waals surface area (Å²) in [5.41, 5.74) is 2.71. The van der Waals surface area contributed by atoms with Crippen LogP contribution in [0.3, 0.4) is 0 Å². The maximum Gasteiger partial charge on any atom is 0.280 e. The van der Waals surface area contributed by atoms with Crippen molar-refractivity contribution in [1.29, 1.82) is 0 Å². The van der Waals surface area contributed by atoms with E-state index in [0.717, 1.165) is 24.1 Å². The van der Waals surface area contributed by atoms with Gasteiger partial charge in [0.2, 0.25) is 0 Å². The van der Waals surface area contributed by atoms with Crippen molar-refractivity contribution >= 4 is 0 Å². The van der Waals surface area contributed by atoms with E-state index in [1.54, 1.807) is 6.20 Å².